The molecule has 1 aromatic rings. The van der Waals surface area contributed by atoms with E-state index in [1.54, 1.807) is 7.11 Å². The molecule has 0 spiro atoms. The Morgan fingerprint density at radius 3 is 2.94 bits per heavy atom. The summed E-state index contributed by atoms with van der Waals surface area (Å²) in [6.07, 6.45) is 0.333. The number of hydrogen-bond donors (Lipinski definition) is 2. The van der Waals surface area contributed by atoms with E-state index in [2.05, 4.69) is 11.4 Å². The van der Waals surface area contributed by atoms with Gasteiger partial charge in [-0.2, -0.15) is 5.26 Å². The van der Waals surface area contributed by atoms with Gasteiger partial charge in [0.1, 0.15) is 0 Å². The second kappa shape index (κ2) is 5.99. The molecule has 0 bridgehead atoms. The predicted molar refractivity (Wildman–Crippen MR) is 65.1 cm³/mol. The third kappa shape index (κ3) is 3.44. The van der Waals surface area contributed by atoms with E-state index >= 15 is 0 Å². The molecule has 0 aliphatic carbocycles. The number of benzene rings is 1. The highest BCUT2D eigenvalue weighted by Gasteiger charge is 2.04. The van der Waals surface area contributed by atoms with Gasteiger partial charge in [-0.05, 0) is 30.7 Å². The topological polar surface area (TPSA) is 71.1 Å². The highest BCUT2D eigenvalue weighted by Crippen LogP contribution is 2.18. The van der Waals surface area contributed by atoms with Crippen LogP contribution in [0.25, 0.3) is 0 Å². The maximum atomic E-state index is 8.66. The molecular weight excluding hydrogens is 202 g/mol. The lowest BCUT2D eigenvalue weighted by Gasteiger charge is -2.15. The lowest BCUT2D eigenvalue weighted by Crippen LogP contribution is -2.20. The van der Waals surface area contributed by atoms with Crippen LogP contribution in [0, 0.1) is 11.3 Å². The molecule has 1 rings (SSSR count). The first-order valence-electron chi connectivity index (χ1n) is 5.18. The van der Waals surface area contributed by atoms with E-state index in [1.165, 1.54) is 0 Å². The van der Waals surface area contributed by atoms with Crippen molar-refractivity contribution in [2.45, 2.75) is 19.4 Å². The van der Waals surface area contributed by atoms with Gasteiger partial charge in [-0.25, -0.2) is 0 Å². The average molecular weight is 219 g/mol. The van der Waals surface area contributed by atoms with E-state index in [0.717, 1.165) is 11.3 Å². The fourth-order valence-electron chi connectivity index (χ4n) is 1.51. The Hall–Kier alpha value is -1.73. The summed E-state index contributed by atoms with van der Waals surface area (Å²) < 4.78 is 5.04. The van der Waals surface area contributed by atoms with Crippen molar-refractivity contribution in [3.8, 4) is 6.07 Å². The van der Waals surface area contributed by atoms with E-state index in [0.29, 0.717) is 18.7 Å². The molecule has 0 aliphatic rings. The van der Waals surface area contributed by atoms with E-state index < -0.39 is 0 Å². The second-order valence-corrected chi connectivity index (χ2v) is 3.75. The number of nitrogens with zero attached hydrogens (tertiary/aromatic N) is 1. The molecule has 4 heteroatoms. The highest BCUT2D eigenvalue weighted by atomic mass is 16.5. The molecule has 4 nitrogen and oxygen atoms in total. The number of nitrogens with two attached hydrogens (primary N) is 1. The fourth-order valence-corrected chi connectivity index (χ4v) is 1.51. The minimum absolute atomic E-state index is 0.226. The van der Waals surface area contributed by atoms with Crippen LogP contribution in [0.2, 0.25) is 0 Å². The Labute approximate surface area is 96.0 Å². The van der Waals surface area contributed by atoms with Crippen molar-refractivity contribution in [3.05, 3.63) is 23.8 Å². The number of rotatable bonds is 5. The van der Waals surface area contributed by atoms with Gasteiger partial charge < -0.3 is 15.8 Å². The summed E-state index contributed by atoms with van der Waals surface area (Å²) >= 11 is 0. The number of anilines is 2. The van der Waals surface area contributed by atoms with Crippen molar-refractivity contribution in [2.24, 2.45) is 0 Å². The van der Waals surface area contributed by atoms with Crippen molar-refractivity contribution < 1.29 is 4.74 Å². The van der Waals surface area contributed by atoms with E-state index in [9.17, 15) is 0 Å². The predicted octanol–water partition coefficient (Wildman–Crippen LogP) is 1.78. The van der Waals surface area contributed by atoms with Gasteiger partial charge in [0.25, 0.3) is 0 Å². The normalized spacial score (nSPS) is 11.8. The molecule has 86 valence electrons. The van der Waals surface area contributed by atoms with Gasteiger partial charge in [0.05, 0.1) is 19.1 Å². The maximum absolute atomic E-state index is 8.66. The van der Waals surface area contributed by atoms with E-state index in [-0.39, 0.29) is 6.04 Å². The molecule has 1 aromatic carbocycles. The van der Waals surface area contributed by atoms with E-state index in [1.807, 2.05) is 25.1 Å². The van der Waals surface area contributed by atoms with Crippen LogP contribution in [0.15, 0.2) is 18.2 Å². The second-order valence-electron chi connectivity index (χ2n) is 3.75. The van der Waals surface area contributed by atoms with Gasteiger partial charge >= 0.3 is 0 Å². The van der Waals surface area contributed by atoms with Crippen LogP contribution in [0.5, 0.6) is 0 Å². The van der Waals surface area contributed by atoms with Crippen molar-refractivity contribution in [1.82, 2.24) is 0 Å². The summed E-state index contributed by atoms with van der Waals surface area (Å²) in [6, 6.07) is 7.95. The molecular formula is C12H17N3O. The largest absolute Gasteiger partial charge is 0.398 e. The van der Waals surface area contributed by atoms with Gasteiger partial charge in [0.2, 0.25) is 0 Å². The zero-order valence-corrected chi connectivity index (χ0v) is 9.66. The smallest absolute Gasteiger partial charge is 0.0670 e. The highest BCUT2D eigenvalue weighted by molar-refractivity contribution is 5.58. The van der Waals surface area contributed by atoms with Gasteiger partial charge in [-0.3, -0.25) is 0 Å². The number of nitrogen functional groups attached to an aromatic ring is 1. The summed E-state index contributed by atoms with van der Waals surface area (Å²) in [5.41, 5.74) is 8.24. The first-order valence-corrected chi connectivity index (χ1v) is 5.18. The molecule has 0 aliphatic heterocycles. The number of nitriles is 1. The number of nitrogens with one attached hydrogen (secondary N) is 1. The summed E-state index contributed by atoms with van der Waals surface area (Å²) in [7, 11) is 1.67. The monoisotopic (exact) mass is 219 g/mol. The minimum atomic E-state index is 0.226. The Kier molecular flexibility index (Phi) is 4.62. The minimum Gasteiger partial charge on any atom is -0.398 e. The Morgan fingerprint density at radius 2 is 2.31 bits per heavy atom. The van der Waals surface area contributed by atoms with Crippen molar-refractivity contribution in [1.29, 1.82) is 5.26 Å². The summed E-state index contributed by atoms with van der Waals surface area (Å²) in [5, 5.41) is 11.9. The van der Waals surface area contributed by atoms with Crippen molar-refractivity contribution in [3.63, 3.8) is 0 Å². The molecule has 0 amide bonds. The SMILES string of the molecule is COCC(C)Nc1ccc(N)c(CC#N)c1. The number of hydrogen-bond acceptors (Lipinski definition) is 4. The fraction of sp³-hybridized carbons (Fsp3) is 0.417. The first-order chi connectivity index (χ1) is 7.67. The molecule has 0 saturated carbocycles. The van der Waals surface area contributed by atoms with Gasteiger partial charge in [0.15, 0.2) is 0 Å². The van der Waals surface area contributed by atoms with Crippen molar-refractivity contribution in [2.75, 3.05) is 24.8 Å². The molecule has 1 unspecified atom stereocenters. The molecule has 0 radical (unpaired) electrons. The van der Waals surface area contributed by atoms with Gasteiger partial charge in [-0.1, -0.05) is 0 Å². The van der Waals surface area contributed by atoms with Crippen LogP contribution >= 0.6 is 0 Å². The zero-order valence-electron chi connectivity index (χ0n) is 9.66. The Bertz CT molecular complexity index is 384. The van der Waals surface area contributed by atoms with Gasteiger partial charge in [0, 0.05) is 24.5 Å². The quantitative estimate of drug-likeness (QED) is 0.740. The van der Waals surface area contributed by atoms with Crippen LogP contribution in [0.3, 0.4) is 0 Å². The van der Waals surface area contributed by atoms with E-state index in [4.69, 9.17) is 15.7 Å². The third-order valence-electron chi connectivity index (χ3n) is 2.24. The van der Waals surface area contributed by atoms with Crippen LogP contribution in [-0.4, -0.2) is 19.8 Å². The lowest BCUT2D eigenvalue weighted by molar-refractivity contribution is 0.190. The lowest BCUT2D eigenvalue weighted by atomic mass is 10.1. The molecule has 1 atom stereocenters. The first kappa shape index (κ1) is 12.3. The van der Waals surface area contributed by atoms with Crippen molar-refractivity contribution >= 4 is 11.4 Å². The third-order valence-corrected chi connectivity index (χ3v) is 2.24. The van der Waals surface area contributed by atoms with Crippen LogP contribution < -0.4 is 11.1 Å². The zero-order chi connectivity index (χ0) is 12.0. The Balaban J connectivity index is 2.75. The Morgan fingerprint density at radius 1 is 1.56 bits per heavy atom. The summed E-state index contributed by atoms with van der Waals surface area (Å²) in [5.74, 6) is 0. The molecule has 3 N–H and O–H groups in total. The number of methoxy groups -OCH3 is 1. The van der Waals surface area contributed by atoms with Crippen LogP contribution in [0.1, 0.15) is 12.5 Å². The van der Waals surface area contributed by atoms with Crippen LogP contribution in [0.4, 0.5) is 11.4 Å². The van der Waals surface area contributed by atoms with Crippen LogP contribution in [-0.2, 0) is 11.2 Å². The number of ether oxygens (including phenoxy) is 1. The summed E-state index contributed by atoms with van der Waals surface area (Å²) in [4.78, 5) is 0. The molecule has 0 aromatic heterocycles. The van der Waals surface area contributed by atoms with Gasteiger partial charge in [-0.15, -0.1) is 0 Å². The average Bonchev–Trinajstić information content (AvgIpc) is 2.24. The maximum Gasteiger partial charge on any atom is 0.0670 e. The standard InChI is InChI=1S/C12H17N3O/c1-9(8-16-2)15-11-3-4-12(14)10(7-11)5-6-13/h3-4,7,9,15H,5,8,14H2,1-2H3. The molecule has 0 fully saturated rings. The summed E-state index contributed by atoms with van der Waals surface area (Å²) in [6.45, 7) is 2.67. The molecule has 16 heavy (non-hydrogen) atoms. The molecule has 0 saturated heterocycles. The molecule has 0 heterocycles.